The molecule has 0 atom stereocenters. The van der Waals surface area contributed by atoms with Crippen LogP contribution in [0.3, 0.4) is 0 Å². The van der Waals surface area contributed by atoms with E-state index in [1.165, 1.54) is 21.8 Å². The Morgan fingerprint density at radius 2 is 1.10 bits per heavy atom. The van der Waals surface area contributed by atoms with E-state index in [1.807, 2.05) is 12.1 Å². The van der Waals surface area contributed by atoms with Crippen LogP contribution in [0.2, 0.25) is 0 Å². The minimum Gasteiger partial charge on any atom is -0.493 e. The van der Waals surface area contributed by atoms with E-state index in [1.54, 1.807) is 14.2 Å². The number of para-hydroxylation sites is 2. The van der Waals surface area contributed by atoms with Gasteiger partial charge in [-0.3, -0.25) is 0 Å². The summed E-state index contributed by atoms with van der Waals surface area (Å²) < 4.78 is 13.1. The highest BCUT2D eigenvalue weighted by atomic mass is 16.5. The lowest BCUT2D eigenvalue weighted by molar-refractivity contribution is 0.355. The summed E-state index contributed by atoms with van der Waals surface area (Å²) in [6, 6.07) is 31.8. The second-order valence-corrected chi connectivity index (χ2v) is 6.99. The third-order valence-electron chi connectivity index (χ3n) is 5.42. The zero-order chi connectivity index (χ0) is 19.8. The van der Waals surface area contributed by atoms with E-state index in [0.29, 0.717) is 0 Å². The largest absolute Gasteiger partial charge is 0.493 e. The fourth-order valence-electron chi connectivity index (χ4n) is 4.02. The highest BCUT2D eigenvalue weighted by Gasteiger charge is 2.12. The number of hydrogen-bond donors (Lipinski definition) is 0. The molecule has 0 spiro atoms. The van der Waals surface area contributed by atoms with Gasteiger partial charge in [0.15, 0.2) is 11.5 Å². The van der Waals surface area contributed by atoms with E-state index in [0.717, 1.165) is 28.3 Å². The van der Waals surface area contributed by atoms with Gasteiger partial charge >= 0.3 is 0 Å². The molecule has 4 aromatic carbocycles. The van der Waals surface area contributed by atoms with Crippen LogP contribution >= 0.6 is 0 Å². The van der Waals surface area contributed by atoms with Gasteiger partial charge in [0.25, 0.3) is 0 Å². The highest BCUT2D eigenvalue weighted by Crippen LogP contribution is 2.34. The van der Waals surface area contributed by atoms with E-state index in [4.69, 9.17) is 9.47 Å². The predicted octanol–water partition coefficient (Wildman–Crippen LogP) is 6.47. The molecule has 5 rings (SSSR count). The lowest BCUT2D eigenvalue weighted by Gasteiger charge is -2.11. The molecular formula is C26H21NO2. The standard InChI is InChI=1S/C26H21NO2/c1-28-25-16-13-19(17-26(25)29-2)18-11-14-20(15-12-18)27-23-9-5-3-7-21(23)22-8-4-6-10-24(22)27/h3-17H,1-2H3. The highest BCUT2D eigenvalue weighted by molar-refractivity contribution is 6.09. The Morgan fingerprint density at radius 1 is 0.552 bits per heavy atom. The number of fused-ring (bicyclic) bond motifs is 3. The maximum atomic E-state index is 5.45. The Morgan fingerprint density at radius 3 is 1.69 bits per heavy atom. The first-order valence-electron chi connectivity index (χ1n) is 9.61. The van der Waals surface area contributed by atoms with Crippen LogP contribution in [0.4, 0.5) is 0 Å². The molecule has 5 aromatic rings. The fourth-order valence-corrected chi connectivity index (χ4v) is 4.02. The number of aromatic nitrogens is 1. The first kappa shape index (κ1) is 17.4. The summed E-state index contributed by atoms with van der Waals surface area (Å²) in [6.45, 7) is 0. The monoisotopic (exact) mass is 379 g/mol. The summed E-state index contributed by atoms with van der Waals surface area (Å²) in [6.07, 6.45) is 0. The molecule has 0 bridgehead atoms. The average Bonchev–Trinajstić information content (AvgIpc) is 3.13. The number of hydrogen-bond acceptors (Lipinski definition) is 2. The van der Waals surface area contributed by atoms with Crippen LogP contribution in [0.5, 0.6) is 11.5 Å². The molecule has 0 saturated heterocycles. The first-order valence-corrected chi connectivity index (χ1v) is 9.61. The predicted molar refractivity (Wildman–Crippen MR) is 119 cm³/mol. The third kappa shape index (κ3) is 2.83. The van der Waals surface area contributed by atoms with Crippen molar-refractivity contribution in [2.24, 2.45) is 0 Å². The van der Waals surface area contributed by atoms with Gasteiger partial charge in [-0.1, -0.05) is 54.6 Å². The maximum absolute atomic E-state index is 5.45. The van der Waals surface area contributed by atoms with Crippen LogP contribution in [0.15, 0.2) is 91.0 Å². The van der Waals surface area contributed by atoms with Gasteiger partial charge in [0.2, 0.25) is 0 Å². The quantitative estimate of drug-likeness (QED) is 0.357. The summed E-state index contributed by atoms with van der Waals surface area (Å²) in [5, 5.41) is 2.54. The fraction of sp³-hybridized carbons (Fsp3) is 0.0769. The average molecular weight is 379 g/mol. The molecule has 0 saturated carbocycles. The van der Waals surface area contributed by atoms with Crippen molar-refractivity contribution in [3.05, 3.63) is 91.0 Å². The van der Waals surface area contributed by atoms with Crippen molar-refractivity contribution in [3.63, 3.8) is 0 Å². The minimum absolute atomic E-state index is 0.733. The zero-order valence-electron chi connectivity index (χ0n) is 16.4. The van der Waals surface area contributed by atoms with Crippen molar-refractivity contribution >= 4 is 21.8 Å². The van der Waals surface area contributed by atoms with Crippen LogP contribution in [-0.4, -0.2) is 18.8 Å². The Bertz CT molecular complexity index is 1260. The number of rotatable bonds is 4. The molecule has 3 heteroatoms. The molecule has 0 aliphatic heterocycles. The van der Waals surface area contributed by atoms with Gasteiger partial charge in [0, 0.05) is 16.5 Å². The van der Waals surface area contributed by atoms with E-state index < -0.39 is 0 Å². The molecule has 3 nitrogen and oxygen atoms in total. The smallest absolute Gasteiger partial charge is 0.161 e. The summed E-state index contributed by atoms with van der Waals surface area (Å²) in [7, 11) is 3.31. The summed E-state index contributed by atoms with van der Waals surface area (Å²) >= 11 is 0. The Balaban J connectivity index is 1.63. The number of ether oxygens (including phenoxy) is 2. The Hall–Kier alpha value is -3.72. The molecule has 0 N–H and O–H groups in total. The van der Waals surface area contributed by atoms with Crippen LogP contribution in [-0.2, 0) is 0 Å². The van der Waals surface area contributed by atoms with E-state index in [9.17, 15) is 0 Å². The van der Waals surface area contributed by atoms with E-state index in [-0.39, 0.29) is 0 Å². The minimum atomic E-state index is 0.733. The molecule has 0 aliphatic rings. The van der Waals surface area contributed by atoms with Crippen LogP contribution < -0.4 is 9.47 Å². The molecule has 29 heavy (non-hydrogen) atoms. The Labute approximate surface area is 169 Å². The summed E-state index contributed by atoms with van der Waals surface area (Å²) in [5.74, 6) is 1.47. The van der Waals surface area contributed by atoms with Gasteiger partial charge in [0.1, 0.15) is 0 Å². The van der Waals surface area contributed by atoms with Gasteiger partial charge in [-0.15, -0.1) is 0 Å². The van der Waals surface area contributed by atoms with E-state index >= 15 is 0 Å². The van der Waals surface area contributed by atoms with E-state index in [2.05, 4.69) is 83.4 Å². The van der Waals surface area contributed by atoms with Crippen molar-refractivity contribution in [2.45, 2.75) is 0 Å². The van der Waals surface area contributed by atoms with Crippen LogP contribution in [0.25, 0.3) is 38.6 Å². The summed E-state index contributed by atoms with van der Waals surface area (Å²) in [4.78, 5) is 0. The molecule has 1 heterocycles. The lowest BCUT2D eigenvalue weighted by atomic mass is 10.0. The molecular weight excluding hydrogens is 358 g/mol. The Kier molecular flexibility index (Phi) is 4.21. The first-order chi connectivity index (χ1) is 14.3. The number of nitrogens with zero attached hydrogens (tertiary/aromatic N) is 1. The molecule has 0 fully saturated rings. The van der Waals surface area contributed by atoms with Crippen molar-refractivity contribution in [3.8, 4) is 28.3 Å². The van der Waals surface area contributed by atoms with Crippen molar-refractivity contribution in [1.82, 2.24) is 4.57 Å². The number of benzene rings is 4. The normalized spacial score (nSPS) is 11.1. The molecule has 0 radical (unpaired) electrons. The van der Waals surface area contributed by atoms with Crippen molar-refractivity contribution in [1.29, 1.82) is 0 Å². The summed E-state index contributed by atoms with van der Waals surface area (Å²) in [5.41, 5.74) is 5.80. The molecule has 0 unspecified atom stereocenters. The second kappa shape index (κ2) is 7.02. The van der Waals surface area contributed by atoms with Crippen molar-refractivity contribution < 1.29 is 9.47 Å². The van der Waals surface area contributed by atoms with Crippen LogP contribution in [0.1, 0.15) is 0 Å². The van der Waals surface area contributed by atoms with Gasteiger partial charge in [-0.2, -0.15) is 0 Å². The van der Waals surface area contributed by atoms with Gasteiger partial charge in [-0.25, -0.2) is 0 Å². The van der Waals surface area contributed by atoms with Crippen molar-refractivity contribution in [2.75, 3.05) is 14.2 Å². The molecule has 142 valence electrons. The lowest BCUT2D eigenvalue weighted by Crippen LogP contribution is -1.94. The topological polar surface area (TPSA) is 23.4 Å². The molecule has 0 amide bonds. The maximum Gasteiger partial charge on any atom is 0.161 e. The van der Waals surface area contributed by atoms with Gasteiger partial charge in [-0.05, 0) is 47.5 Å². The number of methoxy groups -OCH3 is 2. The SMILES string of the molecule is COc1ccc(-c2ccc(-n3c4ccccc4c4ccccc43)cc2)cc1OC. The van der Waals surface area contributed by atoms with Crippen LogP contribution in [0, 0.1) is 0 Å². The van der Waals surface area contributed by atoms with Gasteiger partial charge < -0.3 is 14.0 Å². The molecule has 1 aromatic heterocycles. The molecule has 0 aliphatic carbocycles. The third-order valence-corrected chi connectivity index (χ3v) is 5.42. The second-order valence-electron chi connectivity index (χ2n) is 6.99. The van der Waals surface area contributed by atoms with Gasteiger partial charge in [0.05, 0.1) is 25.3 Å². The zero-order valence-corrected chi connectivity index (χ0v) is 16.4.